The molecule has 3 rings (SSSR count). The van der Waals surface area contributed by atoms with E-state index in [-0.39, 0.29) is 0 Å². The summed E-state index contributed by atoms with van der Waals surface area (Å²) in [5.74, 6) is 0.830. The summed E-state index contributed by atoms with van der Waals surface area (Å²) in [4.78, 5) is 13.3. The van der Waals surface area contributed by atoms with Crippen LogP contribution in [-0.4, -0.2) is 41.0 Å². The lowest BCUT2D eigenvalue weighted by atomic mass is 10.1. The fraction of sp³-hybridized carbons (Fsp3) is 0.375. The van der Waals surface area contributed by atoms with Crippen molar-refractivity contribution in [2.24, 2.45) is 0 Å². The van der Waals surface area contributed by atoms with Gasteiger partial charge in [0.25, 0.3) is 0 Å². The van der Waals surface area contributed by atoms with Crippen LogP contribution in [0.5, 0.6) is 0 Å². The lowest BCUT2D eigenvalue weighted by molar-refractivity contribution is 0.248. The Morgan fingerprint density at radius 1 is 1.10 bits per heavy atom. The van der Waals surface area contributed by atoms with Crippen molar-refractivity contribution >= 4 is 11.6 Å². The SMILES string of the molecule is Cc1ccc(CN2CCN(c3ncccn3)CC2)cc1N. The van der Waals surface area contributed by atoms with Crippen LogP contribution in [0.3, 0.4) is 0 Å². The van der Waals surface area contributed by atoms with Gasteiger partial charge in [-0.05, 0) is 30.2 Å². The minimum atomic E-state index is 0.830. The largest absolute Gasteiger partial charge is 0.399 e. The highest BCUT2D eigenvalue weighted by Gasteiger charge is 2.18. The molecule has 1 aliphatic heterocycles. The summed E-state index contributed by atoms with van der Waals surface area (Å²) >= 11 is 0. The molecule has 2 N–H and O–H groups in total. The molecule has 5 heteroatoms. The maximum absolute atomic E-state index is 5.98. The van der Waals surface area contributed by atoms with Gasteiger partial charge in [0, 0.05) is 50.8 Å². The summed E-state index contributed by atoms with van der Waals surface area (Å²) in [6, 6.07) is 8.20. The molecule has 0 aliphatic carbocycles. The van der Waals surface area contributed by atoms with Gasteiger partial charge < -0.3 is 10.6 Å². The normalized spacial score (nSPS) is 16.1. The highest BCUT2D eigenvalue weighted by Crippen LogP contribution is 2.16. The van der Waals surface area contributed by atoms with E-state index in [1.807, 2.05) is 13.0 Å². The highest BCUT2D eigenvalue weighted by molar-refractivity contribution is 5.48. The summed E-state index contributed by atoms with van der Waals surface area (Å²) in [6.07, 6.45) is 3.59. The summed E-state index contributed by atoms with van der Waals surface area (Å²) in [5.41, 5.74) is 9.28. The highest BCUT2D eigenvalue weighted by atomic mass is 15.3. The van der Waals surface area contributed by atoms with E-state index in [4.69, 9.17) is 5.73 Å². The van der Waals surface area contributed by atoms with Crippen LogP contribution < -0.4 is 10.6 Å². The fourth-order valence-corrected chi connectivity index (χ4v) is 2.61. The van der Waals surface area contributed by atoms with E-state index in [1.54, 1.807) is 12.4 Å². The molecule has 110 valence electrons. The van der Waals surface area contributed by atoms with Crippen molar-refractivity contribution in [3.8, 4) is 0 Å². The van der Waals surface area contributed by atoms with Crippen molar-refractivity contribution in [3.63, 3.8) is 0 Å². The molecule has 2 aromatic rings. The first-order chi connectivity index (χ1) is 10.2. The molecule has 21 heavy (non-hydrogen) atoms. The Labute approximate surface area is 125 Å². The number of hydrogen-bond donors (Lipinski definition) is 1. The summed E-state index contributed by atoms with van der Waals surface area (Å²) in [5, 5.41) is 0. The van der Waals surface area contributed by atoms with Crippen LogP contribution in [-0.2, 0) is 6.54 Å². The molecule has 1 aromatic carbocycles. The van der Waals surface area contributed by atoms with Gasteiger partial charge in [-0.3, -0.25) is 4.90 Å². The zero-order valence-electron chi connectivity index (χ0n) is 12.4. The lowest BCUT2D eigenvalue weighted by Crippen LogP contribution is -2.46. The van der Waals surface area contributed by atoms with Gasteiger partial charge in [-0.25, -0.2) is 9.97 Å². The molecule has 0 bridgehead atoms. The van der Waals surface area contributed by atoms with E-state index >= 15 is 0 Å². The number of rotatable bonds is 3. The number of anilines is 2. The molecule has 1 aromatic heterocycles. The van der Waals surface area contributed by atoms with Crippen molar-refractivity contribution in [2.75, 3.05) is 36.8 Å². The predicted octanol–water partition coefficient (Wildman–Crippen LogP) is 1.69. The third-order valence-electron chi connectivity index (χ3n) is 3.96. The fourth-order valence-electron chi connectivity index (χ4n) is 2.61. The number of nitrogens with zero attached hydrogens (tertiary/aromatic N) is 4. The molecule has 1 saturated heterocycles. The van der Waals surface area contributed by atoms with E-state index < -0.39 is 0 Å². The van der Waals surface area contributed by atoms with Crippen LogP contribution in [0, 0.1) is 6.92 Å². The molecule has 5 nitrogen and oxygen atoms in total. The van der Waals surface area contributed by atoms with Gasteiger partial charge >= 0.3 is 0 Å². The van der Waals surface area contributed by atoms with Crippen LogP contribution in [0.2, 0.25) is 0 Å². The molecule has 0 atom stereocenters. The number of piperazine rings is 1. The molecule has 1 aliphatic rings. The smallest absolute Gasteiger partial charge is 0.225 e. The predicted molar refractivity (Wildman–Crippen MR) is 85.1 cm³/mol. The maximum atomic E-state index is 5.98. The quantitative estimate of drug-likeness (QED) is 0.869. The number of aromatic nitrogens is 2. The van der Waals surface area contributed by atoms with E-state index in [9.17, 15) is 0 Å². The van der Waals surface area contributed by atoms with Crippen molar-refractivity contribution in [1.82, 2.24) is 14.9 Å². The summed E-state index contributed by atoms with van der Waals surface area (Å²) < 4.78 is 0. The van der Waals surface area contributed by atoms with Crippen LogP contribution in [0.15, 0.2) is 36.7 Å². The number of benzene rings is 1. The van der Waals surface area contributed by atoms with Gasteiger partial charge in [-0.2, -0.15) is 0 Å². The number of nitrogen functional groups attached to an aromatic ring is 1. The van der Waals surface area contributed by atoms with Gasteiger partial charge in [0.15, 0.2) is 0 Å². The zero-order chi connectivity index (χ0) is 14.7. The Kier molecular flexibility index (Phi) is 4.01. The van der Waals surface area contributed by atoms with E-state index in [0.29, 0.717) is 0 Å². The van der Waals surface area contributed by atoms with Gasteiger partial charge in [-0.15, -0.1) is 0 Å². The zero-order valence-corrected chi connectivity index (χ0v) is 12.4. The van der Waals surface area contributed by atoms with Crippen molar-refractivity contribution in [1.29, 1.82) is 0 Å². The summed E-state index contributed by atoms with van der Waals surface area (Å²) in [6.45, 7) is 6.96. The second-order valence-electron chi connectivity index (χ2n) is 5.50. The minimum absolute atomic E-state index is 0.830. The summed E-state index contributed by atoms with van der Waals surface area (Å²) in [7, 11) is 0. The minimum Gasteiger partial charge on any atom is -0.399 e. The Morgan fingerprint density at radius 3 is 2.48 bits per heavy atom. The van der Waals surface area contributed by atoms with Gasteiger partial charge in [-0.1, -0.05) is 12.1 Å². The van der Waals surface area contributed by atoms with E-state index in [0.717, 1.165) is 49.9 Å². The van der Waals surface area contributed by atoms with Crippen molar-refractivity contribution in [3.05, 3.63) is 47.8 Å². The lowest BCUT2D eigenvalue weighted by Gasteiger charge is -2.34. The molecule has 2 heterocycles. The third kappa shape index (κ3) is 3.31. The Morgan fingerprint density at radius 2 is 1.81 bits per heavy atom. The van der Waals surface area contributed by atoms with Crippen LogP contribution in [0.4, 0.5) is 11.6 Å². The Bertz CT molecular complexity index is 591. The van der Waals surface area contributed by atoms with Crippen LogP contribution in [0.25, 0.3) is 0 Å². The van der Waals surface area contributed by atoms with Crippen LogP contribution >= 0.6 is 0 Å². The van der Waals surface area contributed by atoms with Gasteiger partial charge in [0.05, 0.1) is 0 Å². The van der Waals surface area contributed by atoms with E-state index in [1.165, 1.54) is 5.56 Å². The van der Waals surface area contributed by atoms with Gasteiger partial charge in [0.1, 0.15) is 0 Å². The molecule has 0 unspecified atom stereocenters. The monoisotopic (exact) mass is 283 g/mol. The molecule has 0 radical (unpaired) electrons. The van der Waals surface area contributed by atoms with E-state index in [2.05, 4.69) is 38.0 Å². The second kappa shape index (κ2) is 6.10. The Balaban J connectivity index is 1.57. The molecular weight excluding hydrogens is 262 g/mol. The molecule has 0 amide bonds. The standard InChI is InChI=1S/C16H21N5/c1-13-3-4-14(11-15(13)17)12-20-7-9-21(10-8-20)16-18-5-2-6-19-16/h2-6,11H,7-10,12,17H2,1H3. The van der Waals surface area contributed by atoms with Crippen molar-refractivity contribution < 1.29 is 0 Å². The Hall–Kier alpha value is -2.14. The molecule has 0 saturated carbocycles. The maximum Gasteiger partial charge on any atom is 0.225 e. The first kappa shape index (κ1) is 13.8. The first-order valence-corrected chi connectivity index (χ1v) is 7.32. The second-order valence-corrected chi connectivity index (χ2v) is 5.50. The van der Waals surface area contributed by atoms with Gasteiger partial charge in [0.2, 0.25) is 5.95 Å². The van der Waals surface area contributed by atoms with Crippen LogP contribution in [0.1, 0.15) is 11.1 Å². The number of aryl methyl sites for hydroxylation is 1. The number of hydrogen-bond acceptors (Lipinski definition) is 5. The first-order valence-electron chi connectivity index (χ1n) is 7.32. The average molecular weight is 283 g/mol. The topological polar surface area (TPSA) is 58.3 Å². The molecule has 0 spiro atoms. The average Bonchev–Trinajstić information content (AvgIpc) is 2.53. The molecular formula is C16H21N5. The molecule has 1 fully saturated rings. The third-order valence-corrected chi connectivity index (χ3v) is 3.96. The number of nitrogens with two attached hydrogens (primary N) is 1. The van der Waals surface area contributed by atoms with Crippen molar-refractivity contribution in [2.45, 2.75) is 13.5 Å².